The molecular formula is C30H38O6Si. The second-order valence-corrected chi connectivity index (χ2v) is 14.4. The first kappa shape index (κ1) is 28.9. The van der Waals surface area contributed by atoms with Crippen molar-refractivity contribution in [2.45, 2.75) is 63.9 Å². The predicted octanol–water partition coefficient (Wildman–Crippen LogP) is 5.15. The molecule has 0 heterocycles. The highest BCUT2D eigenvalue weighted by molar-refractivity contribution is 6.69. The molecule has 0 bridgehead atoms. The zero-order valence-corrected chi connectivity index (χ0v) is 22.9. The van der Waals surface area contributed by atoms with Crippen molar-refractivity contribution < 1.29 is 28.5 Å². The number of hydrogen-bond acceptors (Lipinski definition) is 6. The molecule has 0 spiro atoms. The molecule has 0 saturated carbocycles. The molecule has 0 aromatic heterocycles. The minimum Gasteiger partial charge on any atom is -0.415 e. The summed E-state index contributed by atoms with van der Waals surface area (Å²) >= 11 is 0. The van der Waals surface area contributed by atoms with Gasteiger partial charge in [-0.15, -0.1) is 0 Å². The topological polar surface area (TPSA) is 74.2 Å². The fourth-order valence-electron chi connectivity index (χ4n) is 3.74. The third-order valence-corrected chi connectivity index (χ3v) is 6.74. The van der Waals surface area contributed by atoms with Crippen LogP contribution in [0.15, 0.2) is 91.0 Å². The third kappa shape index (κ3) is 10.3. The van der Waals surface area contributed by atoms with Gasteiger partial charge in [-0.1, -0.05) is 91.0 Å². The van der Waals surface area contributed by atoms with Crippen LogP contribution in [0.25, 0.3) is 0 Å². The smallest absolute Gasteiger partial charge is 0.183 e. The predicted molar refractivity (Wildman–Crippen MR) is 146 cm³/mol. The van der Waals surface area contributed by atoms with E-state index < -0.39 is 32.7 Å². The van der Waals surface area contributed by atoms with Crippen LogP contribution in [-0.2, 0) is 43.3 Å². The second-order valence-electron chi connectivity index (χ2n) is 9.91. The van der Waals surface area contributed by atoms with Crippen molar-refractivity contribution in [1.82, 2.24) is 0 Å². The Morgan fingerprint density at radius 3 is 1.49 bits per heavy atom. The monoisotopic (exact) mass is 522 g/mol. The summed E-state index contributed by atoms with van der Waals surface area (Å²) in [5.74, 6) is 0. The molecule has 3 aromatic rings. The van der Waals surface area contributed by atoms with Gasteiger partial charge in [0.15, 0.2) is 14.6 Å². The van der Waals surface area contributed by atoms with Crippen molar-refractivity contribution in [2.75, 3.05) is 6.61 Å². The number of aliphatic hydroxyl groups is 1. The number of carbonyl (C=O) groups is 1. The summed E-state index contributed by atoms with van der Waals surface area (Å²) in [7, 11) is -1.91. The Morgan fingerprint density at radius 1 is 0.676 bits per heavy atom. The molecule has 0 radical (unpaired) electrons. The van der Waals surface area contributed by atoms with Gasteiger partial charge in [-0.05, 0) is 36.3 Å². The minimum absolute atomic E-state index is 0.0740. The van der Waals surface area contributed by atoms with E-state index >= 15 is 0 Å². The van der Waals surface area contributed by atoms with Crippen LogP contribution in [0.4, 0.5) is 0 Å². The van der Waals surface area contributed by atoms with Gasteiger partial charge < -0.3 is 28.5 Å². The molecule has 1 N–H and O–H groups in total. The van der Waals surface area contributed by atoms with E-state index in [1.807, 2.05) is 91.0 Å². The molecule has 0 unspecified atom stereocenters. The standard InChI is InChI=1S/C30H38O6Si/c1-37(2,3)36-23-27(32)29(34-21-25-15-9-5-10-16-25)30(35-22-26-17-11-6-12-18-26)28(19-31)33-20-24-13-7-4-8-14-24/h4-19,27-30,32H,20-23H2,1-3H3/t27-,28+,29+,30-/m1/s1. The lowest BCUT2D eigenvalue weighted by Crippen LogP contribution is -2.51. The van der Waals surface area contributed by atoms with E-state index in [2.05, 4.69) is 19.6 Å². The molecule has 0 amide bonds. The summed E-state index contributed by atoms with van der Waals surface area (Å²) in [6.45, 7) is 6.94. The number of aldehydes is 1. The molecule has 3 rings (SSSR count). The zero-order valence-electron chi connectivity index (χ0n) is 21.9. The quantitative estimate of drug-likeness (QED) is 0.207. The molecule has 0 aliphatic rings. The Bertz CT molecular complexity index is 1030. The Kier molecular flexibility index (Phi) is 11.7. The number of aliphatic hydroxyl groups excluding tert-OH is 1. The first-order valence-corrected chi connectivity index (χ1v) is 16.0. The highest BCUT2D eigenvalue weighted by Crippen LogP contribution is 2.21. The summed E-state index contributed by atoms with van der Waals surface area (Å²) in [5.41, 5.74) is 2.82. The van der Waals surface area contributed by atoms with Crippen LogP contribution in [0.1, 0.15) is 16.7 Å². The average molecular weight is 523 g/mol. The number of benzene rings is 3. The maximum Gasteiger partial charge on any atom is 0.183 e. The van der Waals surface area contributed by atoms with Gasteiger partial charge in [0.1, 0.15) is 24.4 Å². The molecule has 0 fully saturated rings. The average Bonchev–Trinajstić information content (AvgIpc) is 2.91. The fraction of sp³-hybridized carbons (Fsp3) is 0.367. The van der Waals surface area contributed by atoms with Gasteiger partial charge in [0.05, 0.1) is 26.4 Å². The van der Waals surface area contributed by atoms with Gasteiger partial charge in [-0.2, -0.15) is 0 Å². The Balaban J connectivity index is 1.85. The Hall–Kier alpha value is -2.65. The lowest BCUT2D eigenvalue weighted by Gasteiger charge is -2.35. The fourth-order valence-corrected chi connectivity index (χ4v) is 4.41. The van der Waals surface area contributed by atoms with E-state index in [0.717, 1.165) is 23.0 Å². The maximum atomic E-state index is 12.3. The molecule has 198 valence electrons. The van der Waals surface area contributed by atoms with Crippen LogP contribution in [-0.4, -0.2) is 50.7 Å². The molecule has 37 heavy (non-hydrogen) atoms. The Morgan fingerprint density at radius 2 is 1.08 bits per heavy atom. The van der Waals surface area contributed by atoms with Crippen molar-refractivity contribution >= 4 is 14.6 Å². The second kappa shape index (κ2) is 14.9. The summed E-state index contributed by atoms with van der Waals surface area (Å²) < 4.78 is 24.6. The van der Waals surface area contributed by atoms with Crippen LogP contribution >= 0.6 is 0 Å². The largest absolute Gasteiger partial charge is 0.415 e. The number of rotatable bonds is 16. The van der Waals surface area contributed by atoms with Gasteiger partial charge in [0, 0.05) is 0 Å². The first-order valence-electron chi connectivity index (χ1n) is 12.6. The number of ether oxygens (including phenoxy) is 3. The van der Waals surface area contributed by atoms with Gasteiger partial charge in [-0.25, -0.2) is 0 Å². The lowest BCUT2D eigenvalue weighted by molar-refractivity contribution is -0.182. The molecule has 0 saturated heterocycles. The van der Waals surface area contributed by atoms with Crippen molar-refractivity contribution in [1.29, 1.82) is 0 Å². The molecule has 0 aliphatic carbocycles. The maximum absolute atomic E-state index is 12.3. The van der Waals surface area contributed by atoms with Crippen LogP contribution in [0.3, 0.4) is 0 Å². The van der Waals surface area contributed by atoms with Gasteiger partial charge in [0.25, 0.3) is 0 Å². The normalized spacial score (nSPS) is 15.0. The van der Waals surface area contributed by atoms with E-state index in [9.17, 15) is 9.90 Å². The summed E-state index contributed by atoms with van der Waals surface area (Å²) in [6, 6.07) is 29.0. The number of hydrogen-bond donors (Lipinski definition) is 1. The SMILES string of the molecule is C[Si](C)(C)OC[C@@H](O)[C@H](OCc1ccccc1)[C@H](OCc1ccccc1)[C@H](C=O)OCc1ccccc1. The lowest BCUT2D eigenvalue weighted by atomic mass is 10.0. The van der Waals surface area contributed by atoms with Crippen molar-refractivity contribution in [3.05, 3.63) is 108 Å². The zero-order chi connectivity index (χ0) is 26.5. The molecule has 7 heteroatoms. The molecular weight excluding hydrogens is 484 g/mol. The third-order valence-electron chi connectivity index (χ3n) is 5.70. The van der Waals surface area contributed by atoms with E-state index in [1.54, 1.807) is 0 Å². The van der Waals surface area contributed by atoms with Crippen LogP contribution < -0.4 is 0 Å². The van der Waals surface area contributed by atoms with E-state index in [4.69, 9.17) is 18.6 Å². The van der Waals surface area contributed by atoms with Crippen LogP contribution in [0.5, 0.6) is 0 Å². The molecule has 6 nitrogen and oxygen atoms in total. The highest BCUT2D eigenvalue weighted by atomic mass is 28.4. The minimum atomic E-state index is -1.91. The summed E-state index contributed by atoms with van der Waals surface area (Å²) in [4.78, 5) is 12.3. The molecule has 3 aromatic carbocycles. The van der Waals surface area contributed by atoms with Gasteiger partial charge in [0.2, 0.25) is 0 Å². The van der Waals surface area contributed by atoms with Gasteiger partial charge >= 0.3 is 0 Å². The van der Waals surface area contributed by atoms with Crippen molar-refractivity contribution in [3.63, 3.8) is 0 Å². The first-order chi connectivity index (χ1) is 17.9. The van der Waals surface area contributed by atoms with E-state index in [0.29, 0.717) is 0 Å². The van der Waals surface area contributed by atoms with Crippen LogP contribution in [0.2, 0.25) is 19.6 Å². The van der Waals surface area contributed by atoms with Crippen molar-refractivity contribution in [3.8, 4) is 0 Å². The van der Waals surface area contributed by atoms with Crippen molar-refractivity contribution in [2.24, 2.45) is 0 Å². The number of carbonyl (C=O) groups excluding carboxylic acids is 1. The van der Waals surface area contributed by atoms with E-state index in [1.165, 1.54) is 0 Å². The highest BCUT2D eigenvalue weighted by Gasteiger charge is 2.38. The molecule has 0 aliphatic heterocycles. The summed E-state index contributed by atoms with van der Waals surface area (Å²) in [6.07, 6.45) is -3.01. The Labute approximate surface area is 221 Å². The van der Waals surface area contributed by atoms with E-state index in [-0.39, 0.29) is 26.4 Å². The van der Waals surface area contributed by atoms with Gasteiger partial charge in [-0.3, -0.25) is 0 Å². The summed E-state index contributed by atoms with van der Waals surface area (Å²) in [5, 5.41) is 11.3. The molecule has 4 atom stereocenters. The van der Waals surface area contributed by atoms with Crippen LogP contribution in [0, 0.1) is 0 Å².